The topological polar surface area (TPSA) is 78.9 Å². The minimum atomic E-state index is -0.823. The molecule has 0 aromatic carbocycles. The lowest BCUT2D eigenvalue weighted by Gasteiger charge is -2.18. The van der Waals surface area contributed by atoms with E-state index < -0.39 is 6.10 Å². The first-order valence-electron chi connectivity index (χ1n) is 25.2. The maximum Gasteiger partial charge on any atom is 0.306 e. The monoisotopic (exact) mass is 861 g/mol. The third-order valence-corrected chi connectivity index (χ3v) is 10.3. The molecule has 0 aliphatic heterocycles. The number of esters is 3. The number of carbonyl (C=O) groups is 3. The number of hydrogen-bond donors (Lipinski definition) is 0. The van der Waals surface area contributed by atoms with Gasteiger partial charge in [-0.1, -0.05) is 189 Å². The first-order chi connectivity index (χ1) is 30.5. The summed E-state index contributed by atoms with van der Waals surface area (Å²) in [7, 11) is 0. The SMILES string of the molecule is CC/C=C\C/C=C\C/C=C\CCCC(=O)OCC(COC(=O)CCC/C=C\C/C=C\C/C=C\C/C=C\CCCCC)OC(=O)CCCCCCC/C=C\CCCCCCCCC. The molecule has 0 aromatic heterocycles. The summed E-state index contributed by atoms with van der Waals surface area (Å²) in [6.45, 7) is 6.37. The Labute approximate surface area is 381 Å². The minimum Gasteiger partial charge on any atom is -0.462 e. The van der Waals surface area contributed by atoms with Crippen LogP contribution in [-0.2, 0) is 28.6 Å². The second-order valence-electron chi connectivity index (χ2n) is 16.3. The second-order valence-corrected chi connectivity index (χ2v) is 16.3. The van der Waals surface area contributed by atoms with Crippen molar-refractivity contribution in [3.8, 4) is 0 Å². The minimum absolute atomic E-state index is 0.125. The summed E-state index contributed by atoms with van der Waals surface area (Å²) in [5.41, 5.74) is 0. The quantitative estimate of drug-likeness (QED) is 0.0263. The Bertz CT molecular complexity index is 1260. The molecule has 1 atom stereocenters. The molecular weight excluding hydrogens is 769 g/mol. The van der Waals surface area contributed by atoms with E-state index in [1.807, 2.05) is 0 Å². The molecule has 0 bridgehead atoms. The highest BCUT2D eigenvalue weighted by Crippen LogP contribution is 2.12. The third-order valence-electron chi connectivity index (χ3n) is 10.3. The normalized spacial score (nSPS) is 12.9. The van der Waals surface area contributed by atoms with Crippen LogP contribution in [0.15, 0.2) is 97.2 Å². The van der Waals surface area contributed by atoms with Crippen molar-refractivity contribution in [2.75, 3.05) is 13.2 Å². The Balaban J connectivity index is 4.53. The van der Waals surface area contributed by atoms with Crippen molar-refractivity contribution in [3.05, 3.63) is 97.2 Å². The van der Waals surface area contributed by atoms with Crippen LogP contribution in [0.5, 0.6) is 0 Å². The van der Waals surface area contributed by atoms with Gasteiger partial charge in [-0.15, -0.1) is 0 Å². The summed E-state index contributed by atoms with van der Waals surface area (Å²) >= 11 is 0. The number of allylic oxidation sites excluding steroid dienone is 16. The number of ether oxygens (including phenoxy) is 3. The molecule has 0 heterocycles. The molecule has 0 N–H and O–H groups in total. The van der Waals surface area contributed by atoms with Crippen LogP contribution in [0.2, 0.25) is 0 Å². The molecule has 0 saturated heterocycles. The molecule has 62 heavy (non-hydrogen) atoms. The van der Waals surface area contributed by atoms with Crippen LogP contribution in [0.25, 0.3) is 0 Å². The van der Waals surface area contributed by atoms with Gasteiger partial charge in [0.05, 0.1) is 0 Å². The van der Waals surface area contributed by atoms with Gasteiger partial charge < -0.3 is 14.2 Å². The fourth-order valence-electron chi connectivity index (χ4n) is 6.51. The van der Waals surface area contributed by atoms with Crippen LogP contribution in [0, 0.1) is 0 Å². The van der Waals surface area contributed by atoms with E-state index in [1.165, 1.54) is 83.5 Å². The van der Waals surface area contributed by atoms with Gasteiger partial charge >= 0.3 is 17.9 Å². The lowest BCUT2D eigenvalue weighted by atomic mass is 10.1. The highest BCUT2D eigenvalue weighted by Gasteiger charge is 2.19. The standard InChI is InChI=1S/C56H92O6/c1-4-7-10-13-16-19-22-24-26-28-30-31-34-37-40-43-46-49-55(58)61-52-53(51-60-54(57)48-45-42-39-36-33-21-18-15-12-9-6-3)62-56(59)50-47-44-41-38-35-32-29-27-25-23-20-17-14-11-8-5-2/h9,12,16,18-19,21,24,26-27,29-31,36-37,39-40,53H,4-8,10-11,13-15,17,20,22-23,25,28,32-35,38,41-52H2,1-3H3/b12-9-,19-16-,21-18-,26-24-,29-27-,31-30-,39-36-,40-37-. The number of unbranched alkanes of at least 4 members (excludes halogenated alkanes) is 17. The fraction of sp³-hybridized carbons (Fsp3) is 0.661. The van der Waals surface area contributed by atoms with E-state index in [9.17, 15) is 14.4 Å². The van der Waals surface area contributed by atoms with Gasteiger partial charge in [0.1, 0.15) is 13.2 Å². The van der Waals surface area contributed by atoms with Gasteiger partial charge in [0.25, 0.3) is 0 Å². The smallest absolute Gasteiger partial charge is 0.306 e. The predicted octanol–water partition coefficient (Wildman–Crippen LogP) is 16.6. The molecule has 6 heteroatoms. The predicted molar refractivity (Wildman–Crippen MR) is 265 cm³/mol. The molecule has 6 nitrogen and oxygen atoms in total. The van der Waals surface area contributed by atoms with Gasteiger partial charge in [0.15, 0.2) is 6.10 Å². The van der Waals surface area contributed by atoms with E-state index >= 15 is 0 Å². The summed E-state index contributed by atoms with van der Waals surface area (Å²) in [5, 5.41) is 0. The number of rotatable bonds is 44. The Hall–Kier alpha value is -3.67. The average Bonchev–Trinajstić information content (AvgIpc) is 3.27. The molecule has 1 unspecified atom stereocenters. The van der Waals surface area contributed by atoms with Crippen molar-refractivity contribution >= 4 is 17.9 Å². The molecule has 0 radical (unpaired) electrons. The first kappa shape index (κ1) is 58.3. The van der Waals surface area contributed by atoms with Gasteiger partial charge in [0.2, 0.25) is 0 Å². The lowest BCUT2D eigenvalue weighted by Crippen LogP contribution is -2.30. The van der Waals surface area contributed by atoms with Gasteiger partial charge in [-0.3, -0.25) is 14.4 Å². The zero-order chi connectivity index (χ0) is 45.1. The van der Waals surface area contributed by atoms with Gasteiger partial charge in [0, 0.05) is 19.3 Å². The zero-order valence-electron chi connectivity index (χ0n) is 40.1. The van der Waals surface area contributed by atoms with Crippen molar-refractivity contribution in [2.24, 2.45) is 0 Å². The van der Waals surface area contributed by atoms with Crippen LogP contribution in [0.3, 0.4) is 0 Å². The molecule has 0 aliphatic rings. The second kappa shape index (κ2) is 50.0. The zero-order valence-corrected chi connectivity index (χ0v) is 40.1. The first-order valence-corrected chi connectivity index (χ1v) is 25.2. The van der Waals surface area contributed by atoms with E-state index in [2.05, 4.69) is 118 Å². The Morgan fingerprint density at radius 1 is 0.339 bits per heavy atom. The molecular formula is C56H92O6. The van der Waals surface area contributed by atoms with E-state index in [0.717, 1.165) is 83.5 Å². The van der Waals surface area contributed by atoms with E-state index in [-0.39, 0.29) is 44.0 Å². The molecule has 0 amide bonds. The largest absolute Gasteiger partial charge is 0.462 e. The molecule has 0 aliphatic carbocycles. The van der Waals surface area contributed by atoms with Crippen molar-refractivity contribution in [1.29, 1.82) is 0 Å². The summed E-state index contributed by atoms with van der Waals surface area (Å²) in [5.74, 6) is -1.04. The van der Waals surface area contributed by atoms with Crippen molar-refractivity contribution in [1.82, 2.24) is 0 Å². The van der Waals surface area contributed by atoms with Gasteiger partial charge in [-0.05, 0) is 109 Å². The summed E-state index contributed by atoms with van der Waals surface area (Å²) in [4.78, 5) is 37.9. The molecule has 352 valence electrons. The van der Waals surface area contributed by atoms with Crippen LogP contribution >= 0.6 is 0 Å². The van der Waals surface area contributed by atoms with Crippen molar-refractivity contribution in [2.45, 2.75) is 226 Å². The molecule has 0 spiro atoms. The maximum absolute atomic E-state index is 12.8. The number of hydrogen-bond acceptors (Lipinski definition) is 6. The van der Waals surface area contributed by atoms with E-state index in [1.54, 1.807) is 0 Å². The Kier molecular flexibility index (Phi) is 47.0. The van der Waals surface area contributed by atoms with Crippen LogP contribution in [-0.4, -0.2) is 37.2 Å². The van der Waals surface area contributed by atoms with Crippen LogP contribution < -0.4 is 0 Å². The molecule has 0 saturated carbocycles. The van der Waals surface area contributed by atoms with Crippen LogP contribution in [0.1, 0.15) is 220 Å². The Morgan fingerprint density at radius 3 is 1.08 bits per heavy atom. The lowest BCUT2D eigenvalue weighted by molar-refractivity contribution is -0.167. The van der Waals surface area contributed by atoms with E-state index in [0.29, 0.717) is 19.3 Å². The molecule has 0 fully saturated rings. The highest BCUT2D eigenvalue weighted by atomic mass is 16.6. The fourth-order valence-corrected chi connectivity index (χ4v) is 6.51. The third kappa shape index (κ3) is 47.4. The summed E-state index contributed by atoms with van der Waals surface area (Å²) < 4.78 is 16.7. The van der Waals surface area contributed by atoms with Crippen molar-refractivity contribution < 1.29 is 28.6 Å². The molecule has 0 aromatic rings. The highest BCUT2D eigenvalue weighted by molar-refractivity contribution is 5.71. The summed E-state index contributed by atoms with van der Waals surface area (Å²) in [6, 6.07) is 0. The Morgan fingerprint density at radius 2 is 0.645 bits per heavy atom. The van der Waals surface area contributed by atoms with Crippen molar-refractivity contribution in [3.63, 3.8) is 0 Å². The maximum atomic E-state index is 12.8. The summed E-state index contributed by atoms with van der Waals surface area (Å²) in [6.07, 6.45) is 65.5. The van der Waals surface area contributed by atoms with Gasteiger partial charge in [-0.25, -0.2) is 0 Å². The van der Waals surface area contributed by atoms with E-state index in [4.69, 9.17) is 14.2 Å². The number of carbonyl (C=O) groups excluding carboxylic acids is 3. The molecule has 0 rings (SSSR count). The average molecular weight is 861 g/mol. The van der Waals surface area contributed by atoms with Gasteiger partial charge in [-0.2, -0.15) is 0 Å². The van der Waals surface area contributed by atoms with Crippen LogP contribution in [0.4, 0.5) is 0 Å².